The van der Waals surface area contributed by atoms with Gasteiger partial charge in [0.15, 0.2) is 12.4 Å². The molecule has 5 nitrogen and oxygen atoms in total. The molecule has 1 aliphatic rings. The molecule has 1 aliphatic heterocycles. The van der Waals surface area contributed by atoms with Crippen molar-refractivity contribution in [1.29, 1.82) is 0 Å². The van der Waals surface area contributed by atoms with Crippen LogP contribution < -0.4 is 27.6 Å². The number of fused-ring (bicyclic) bond motifs is 1. The van der Waals surface area contributed by atoms with Gasteiger partial charge in [-0.15, -0.1) is 0 Å². The number of primary amides is 1. The van der Waals surface area contributed by atoms with Crippen LogP contribution >= 0.6 is 0 Å². The number of aromatic nitrogens is 1. The van der Waals surface area contributed by atoms with Crippen molar-refractivity contribution in [3.05, 3.63) is 71.7 Å². The quantitative estimate of drug-likeness (QED) is 0.551. The lowest BCUT2D eigenvalue weighted by Crippen LogP contribution is -3.00. The van der Waals surface area contributed by atoms with Gasteiger partial charge >= 0.3 is 0 Å². The Balaban J connectivity index is 0.00000243. The number of benzene rings is 1. The third-order valence-electron chi connectivity index (χ3n) is 4.72. The van der Waals surface area contributed by atoms with Gasteiger partial charge in [-0.25, -0.2) is 0 Å². The number of anilines is 1. The summed E-state index contributed by atoms with van der Waals surface area (Å²) < 4.78 is 1.68. The molecule has 1 aromatic heterocycles. The first kappa shape index (κ1) is 19.7. The second-order valence-electron chi connectivity index (χ2n) is 6.83. The van der Waals surface area contributed by atoms with Crippen LogP contribution in [0, 0.1) is 0 Å². The van der Waals surface area contributed by atoms with E-state index in [1.165, 1.54) is 5.56 Å². The molecule has 0 saturated heterocycles. The van der Waals surface area contributed by atoms with Crippen LogP contribution in [0.15, 0.2) is 60.6 Å². The molecule has 3 rings (SSSR count). The Kier molecular flexibility index (Phi) is 5.52. The molecular formula is C20H22ClN3O2. The van der Waals surface area contributed by atoms with Crippen molar-refractivity contribution in [1.82, 2.24) is 0 Å². The van der Waals surface area contributed by atoms with Gasteiger partial charge in [-0.2, -0.15) is 4.57 Å². The molecule has 136 valence electrons. The Morgan fingerprint density at radius 3 is 2.54 bits per heavy atom. The van der Waals surface area contributed by atoms with Crippen LogP contribution in [0.3, 0.4) is 0 Å². The SMILES string of the molecule is CN1/C(=C\C(=O)C[n+]2cccc(C(N)=O)c2)C(C)(C)c2ccccc21.[Cl-]. The fourth-order valence-electron chi connectivity index (χ4n) is 3.40. The lowest BCUT2D eigenvalue weighted by molar-refractivity contribution is -0.684. The molecule has 26 heavy (non-hydrogen) atoms. The molecule has 0 atom stereocenters. The summed E-state index contributed by atoms with van der Waals surface area (Å²) in [5, 5.41) is 0. The van der Waals surface area contributed by atoms with Crippen LogP contribution in [0.2, 0.25) is 0 Å². The number of nitrogens with two attached hydrogens (primary N) is 1. The minimum atomic E-state index is -0.507. The Bertz CT molecular complexity index is 890. The number of rotatable bonds is 4. The number of amides is 1. The maximum absolute atomic E-state index is 12.6. The van der Waals surface area contributed by atoms with E-state index < -0.39 is 5.91 Å². The number of pyridine rings is 1. The highest BCUT2D eigenvalue weighted by Gasteiger charge is 2.38. The first-order valence-corrected chi connectivity index (χ1v) is 8.18. The normalized spacial score (nSPS) is 16.1. The van der Waals surface area contributed by atoms with E-state index in [4.69, 9.17) is 5.73 Å². The van der Waals surface area contributed by atoms with Gasteiger partial charge in [0.2, 0.25) is 12.3 Å². The number of carbonyl (C=O) groups is 2. The molecule has 0 radical (unpaired) electrons. The van der Waals surface area contributed by atoms with E-state index in [1.807, 2.05) is 19.2 Å². The lowest BCUT2D eigenvalue weighted by Gasteiger charge is -2.23. The molecule has 1 aromatic carbocycles. The molecule has 0 bridgehead atoms. The van der Waals surface area contributed by atoms with Gasteiger partial charge in [0, 0.05) is 36.0 Å². The highest BCUT2D eigenvalue weighted by atomic mass is 35.5. The Morgan fingerprint density at radius 2 is 1.88 bits per heavy atom. The van der Waals surface area contributed by atoms with Crippen LogP contribution in [0.25, 0.3) is 0 Å². The van der Waals surface area contributed by atoms with Gasteiger partial charge in [0.25, 0.3) is 5.91 Å². The summed E-state index contributed by atoms with van der Waals surface area (Å²) in [6, 6.07) is 11.5. The monoisotopic (exact) mass is 371 g/mol. The van der Waals surface area contributed by atoms with Gasteiger partial charge in [0.05, 0.1) is 0 Å². The summed E-state index contributed by atoms with van der Waals surface area (Å²) in [6.07, 6.45) is 5.04. The molecule has 0 fully saturated rings. The van der Waals surface area contributed by atoms with Crippen molar-refractivity contribution in [3.63, 3.8) is 0 Å². The van der Waals surface area contributed by atoms with E-state index >= 15 is 0 Å². The number of halogens is 1. The van der Waals surface area contributed by atoms with Gasteiger partial charge in [-0.3, -0.25) is 9.59 Å². The second kappa shape index (κ2) is 7.30. The summed E-state index contributed by atoms with van der Waals surface area (Å²) in [5.74, 6) is -0.540. The van der Waals surface area contributed by atoms with E-state index in [2.05, 4.69) is 30.9 Å². The Morgan fingerprint density at radius 1 is 1.19 bits per heavy atom. The number of likely N-dealkylation sites (N-methyl/N-ethyl adjacent to an activating group) is 1. The van der Waals surface area contributed by atoms with E-state index in [-0.39, 0.29) is 30.2 Å². The minimum absolute atomic E-state index is 0. The Labute approximate surface area is 159 Å². The second-order valence-corrected chi connectivity index (χ2v) is 6.83. The molecule has 0 unspecified atom stereocenters. The van der Waals surface area contributed by atoms with Crippen LogP contribution in [0.5, 0.6) is 0 Å². The maximum Gasteiger partial charge on any atom is 0.254 e. The topological polar surface area (TPSA) is 67.3 Å². The third kappa shape index (κ3) is 3.48. The number of nitrogens with zero attached hydrogens (tertiary/aromatic N) is 2. The van der Waals surface area contributed by atoms with E-state index in [0.717, 1.165) is 11.4 Å². The number of carbonyl (C=O) groups excluding carboxylic acids is 2. The molecule has 6 heteroatoms. The molecular weight excluding hydrogens is 350 g/mol. The van der Waals surface area contributed by atoms with Crippen molar-refractivity contribution >= 4 is 17.4 Å². The van der Waals surface area contributed by atoms with Crippen LogP contribution in [-0.4, -0.2) is 18.7 Å². The molecule has 0 aliphatic carbocycles. The average molecular weight is 372 g/mol. The minimum Gasteiger partial charge on any atom is -1.00 e. The lowest BCUT2D eigenvalue weighted by atomic mass is 9.83. The molecule has 2 heterocycles. The number of ketones is 1. The summed E-state index contributed by atoms with van der Waals surface area (Å²) in [4.78, 5) is 25.9. The average Bonchev–Trinajstić information content (AvgIpc) is 2.76. The highest BCUT2D eigenvalue weighted by molar-refractivity contribution is 5.92. The highest BCUT2D eigenvalue weighted by Crippen LogP contribution is 2.46. The smallest absolute Gasteiger partial charge is 0.254 e. The molecule has 1 amide bonds. The zero-order chi connectivity index (χ0) is 18.2. The summed E-state index contributed by atoms with van der Waals surface area (Å²) >= 11 is 0. The largest absolute Gasteiger partial charge is 1.00 e. The van der Waals surface area contributed by atoms with Crippen molar-refractivity contribution in [2.45, 2.75) is 25.8 Å². The summed E-state index contributed by atoms with van der Waals surface area (Å²) in [5.41, 5.74) is 8.73. The van der Waals surface area contributed by atoms with Crippen LogP contribution in [0.4, 0.5) is 5.69 Å². The number of hydrogen-bond donors (Lipinski definition) is 1. The number of hydrogen-bond acceptors (Lipinski definition) is 3. The molecule has 0 saturated carbocycles. The molecule has 2 N–H and O–H groups in total. The number of allylic oxidation sites excluding steroid dienone is 2. The summed E-state index contributed by atoms with van der Waals surface area (Å²) in [7, 11) is 1.98. The van der Waals surface area contributed by atoms with E-state index in [1.54, 1.807) is 35.2 Å². The van der Waals surface area contributed by atoms with E-state index in [9.17, 15) is 9.59 Å². The van der Waals surface area contributed by atoms with Gasteiger partial charge in [0.1, 0.15) is 5.56 Å². The van der Waals surface area contributed by atoms with Crippen molar-refractivity contribution in [2.75, 3.05) is 11.9 Å². The zero-order valence-electron chi connectivity index (χ0n) is 15.1. The fraction of sp³-hybridized carbons (Fsp3) is 0.250. The van der Waals surface area contributed by atoms with Gasteiger partial charge in [-0.1, -0.05) is 32.0 Å². The predicted molar refractivity (Wildman–Crippen MR) is 96.1 cm³/mol. The first-order valence-electron chi connectivity index (χ1n) is 8.18. The number of para-hydroxylation sites is 1. The van der Waals surface area contributed by atoms with Crippen molar-refractivity contribution in [2.24, 2.45) is 5.73 Å². The molecule has 2 aromatic rings. The van der Waals surface area contributed by atoms with Crippen LogP contribution in [-0.2, 0) is 16.8 Å². The third-order valence-corrected chi connectivity index (χ3v) is 4.72. The zero-order valence-corrected chi connectivity index (χ0v) is 15.8. The van der Waals surface area contributed by atoms with Gasteiger partial charge in [-0.05, 0) is 17.7 Å². The van der Waals surface area contributed by atoms with E-state index in [0.29, 0.717) is 5.56 Å². The maximum atomic E-state index is 12.6. The fourth-order valence-corrected chi connectivity index (χ4v) is 3.40. The Hall–Kier alpha value is -2.66. The van der Waals surface area contributed by atoms with Gasteiger partial charge < -0.3 is 23.0 Å². The standard InChI is InChI=1S/C20H21N3O2.ClH/c1-20(2)16-8-4-5-9-17(16)22(3)18(20)11-15(24)13-23-10-6-7-14(12-23)19(21)25;/h4-12H,13H2,1-3H3,(H-,21,25);1H/b18-11-;. The van der Waals surface area contributed by atoms with Crippen molar-refractivity contribution < 1.29 is 26.6 Å². The summed E-state index contributed by atoms with van der Waals surface area (Å²) in [6.45, 7) is 4.40. The van der Waals surface area contributed by atoms with Crippen molar-refractivity contribution in [3.8, 4) is 0 Å². The predicted octanol–water partition coefficient (Wildman–Crippen LogP) is -1.04. The molecule has 0 spiro atoms. The first-order chi connectivity index (χ1) is 11.8. The van der Waals surface area contributed by atoms with Crippen LogP contribution in [0.1, 0.15) is 29.8 Å².